The van der Waals surface area contributed by atoms with Crippen LogP contribution in [0, 0.1) is 13.5 Å². The van der Waals surface area contributed by atoms with Gasteiger partial charge in [-0.2, -0.15) is 4.98 Å². The second-order valence-electron chi connectivity index (χ2n) is 9.64. The highest BCUT2D eigenvalue weighted by Gasteiger charge is 2.48. The van der Waals surface area contributed by atoms with Crippen molar-refractivity contribution >= 4 is 20.3 Å². The second-order valence-corrected chi connectivity index (χ2v) is 11.0. The van der Waals surface area contributed by atoms with Gasteiger partial charge in [0.1, 0.15) is 24.6 Å². The molecule has 0 bridgehead atoms. The molecule has 1 N–H and O–H groups in total. The van der Waals surface area contributed by atoms with E-state index < -0.39 is 38.8 Å². The van der Waals surface area contributed by atoms with Gasteiger partial charge in [-0.1, -0.05) is 18.2 Å². The Hall–Kier alpha value is -2.71. The zero-order valence-corrected chi connectivity index (χ0v) is 24.1. The maximum atomic E-state index is 13.2. The standard InChI is InChI=1S/C27H38N5O6P/c1-17(2)32(18(3)4)39(36-15-14-28-7)38-22-20(6)37-26(23(22)35-8)31-16-19(5)24(30-27(31)34)29-25(33)21-12-10-9-11-13-21/h9-13,16-18,20,22-23,26H,14-15H2,1-6,8H3,(H,29,30,33,34)/t20-,22-,23-,26-,39?/m1/s1/i6D. The van der Waals surface area contributed by atoms with Crippen molar-refractivity contribution < 1.29 is 24.7 Å². The van der Waals surface area contributed by atoms with E-state index >= 15 is 0 Å². The Labute approximate surface area is 232 Å². The molecule has 0 radical (unpaired) electrons. The van der Waals surface area contributed by atoms with Crippen LogP contribution < -0.4 is 11.0 Å². The zero-order valence-electron chi connectivity index (χ0n) is 24.2. The smallest absolute Gasteiger partial charge is 0.351 e. The molecule has 0 saturated carbocycles. The van der Waals surface area contributed by atoms with Gasteiger partial charge in [-0.05, 0) is 53.7 Å². The Bertz CT molecular complexity index is 1220. The number of aryl methyl sites for hydroxylation is 1. The summed E-state index contributed by atoms with van der Waals surface area (Å²) in [5.74, 6) is -0.234. The lowest BCUT2D eigenvalue weighted by molar-refractivity contribution is -0.0510. The summed E-state index contributed by atoms with van der Waals surface area (Å²) in [7, 11) is -0.139. The van der Waals surface area contributed by atoms with E-state index in [9.17, 15) is 9.59 Å². The molecule has 39 heavy (non-hydrogen) atoms. The van der Waals surface area contributed by atoms with Gasteiger partial charge in [0.25, 0.3) is 14.4 Å². The lowest BCUT2D eigenvalue weighted by Crippen LogP contribution is -2.40. The highest BCUT2D eigenvalue weighted by Crippen LogP contribution is 2.50. The number of methoxy groups -OCH3 is 1. The molecule has 0 spiro atoms. The van der Waals surface area contributed by atoms with Gasteiger partial charge < -0.3 is 28.7 Å². The van der Waals surface area contributed by atoms with Gasteiger partial charge in [0.05, 0.1) is 6.10 Å². The van der Waals surface area contributed by atoms with Crippen LogP contribution in [-0.2, 0) is 18.5 Å². The molecule has 1 unspecified atom stereocenters. The van der Waals surface area contributed by atoms with Crippen LogP contribution in [-0.4, -0.2) is 70.8 Å². The molecule has 1 amide bonds. The average molecular weight is 561 g/mol. The minimum absolute atomic E-state index is 0.0840. The quantitative estimate of drug-likeness (QED) is 0.231. The summed E-state index contributed by atoms with van der Waals surface area (Å²) in [6.45, 7) is 17.2. The van der Waals surface area contributed by atoms with Crippen molar-refractivity contribution in [3.63, 3.8) is 0 Å². The minimum atomic E-state index is -1.63. The predicted octanol–water partition coefficient (Wildman–Crippen LogP) is 4.40. The normalized spacial score (nSPS) is 22.2. The third-order valence-electron chi connectivity index (χ3n) is 6.10. The number of carbonyl (C=O) groups is 1. The molecular weight excluding hydrogens is 521 g/mol. The third-order valence-corrected chi connectivity index (χ3v) is 8.23. The summed E-state index contributed by atoms with van der Waals surface area (Å²) in [6, 6.07) is 8.81. The number of nitrogens with zero attached hydrogens (tertiary/aromatic N) is 4. The monoisotopic (exact) mass is 560 g/mol. The van der Waals surface area contributed by atoms with Crippen LogP contribution in [0.4, 0.5) is 5.82 Å². The van der Waals surface area contributed by atoms with Gasteiger partial charge >= 0.3 is 5.69 Å². The molecule has 1 aromatic heterocycles. The summed E-state index contributed by atoms with van der Waals surface area (Å²) < 4.78 is 36.0. The van der Waals surface area contributed by atoms with E-state index in [0.29, 0.717) is 11.1 Å². The number of aromatic nitrogens is 2. The summed E-state index contributed by atoms with van der Waals surface area (Å²) >= 11 is 0. The zero-order chi connectivity index (χ0) is 29.4. The van der Waals surface area contributed by atoms with E-state index in [0.717, 1.165) is 0 Å². The number of hydrogen-bond acceptors (Lipinski definition) is 8. The Kier molecular flexibility index (Phi) is 10.6. The van der Waals surface area contributed by atoms with Crippen molar-refractivity contribution in [2.45, 2.75) is 78.1 Å². The first-order valence-electron chi connectivity index (χ1n) is 13.5. The van der Waals surface area contributed by atoms with Crippen LogP contribution in [0.1, 0.15) is 58.1 Å². The van der Waals surface area contributed by atoms with Crippen LogP contribution in [0.25, 0.3) is 4.85 Å². The third kappa shape index (κ3) is 7.48. The Morgan fingerprint density at radius 1 is 1.28 bits per heavy atom. The molecule has 1 aliphatic heterocycles. The van der Waals surface area contributed by atoms with Crippen molar-refractivity contribution in [1.29, 1.82) is 0 Å². The Morgan fingerprint density at radius 2 is 1.97 bits per heavy atom. The van der Waals surface area contributed by atoms with Gasteiger partial charge in [0.2, 0.25) is 6.54 Å². The number of carbonyl (C=O) groups excluding carboxylic acids is 1. The van der Waals surface area contributed by atoms with Crippen molar-refractivity contribution in [1.82, 2.24) is 14.2 Å². The highest BCUT2D eigenvalue weighted by atomic mass is 31.2. The fourth-order valence-corrected chi connectivity index (χ4v) is 6.11. The Balaban J connectivity index is 1.89. The number of amides is 1. The molecule has 2 aromatic rings. The van der Waals surface area contributed by atoms with Crippen LogP contribution >= 0.6 is 8.53 Å². The summed E-state index contributed by atoms with van der Waals surface area (Å²) in [4.78, 5) is 33.3. The molecule has 12 heteroatoms. The van der Waals surface area contributed by atoms with Gasteiger partial charge in [-0.3, -0.25) is 9.36 Å². The molecule has 0 aliphatic carbocycles. The molecule has 1 saturated heterocycles. The first-order valence-corrected chi connectivity index (χ1v) is 13.9. The maximum absolute atomic E-state index is 13.2. The van der Waals surface area contributed by atoms with Crippen LogP contribution in [0.3, 0.4) is 0 Å². The van der Waals surface area contributed by atoms with Gasteiger partial charge in [0, 0.05) is 37.9 Å². The van der Waals surface area contributed by atoms with Crippen LogP contribution in [0.5, 0.6) is 0 Å². The highest BCUT2D eigenvalue weighted by molar-refractivity contribution is 7.44. The maximum Gasteiger partial charge on any atom is 0.351 e. The van der Waals surface area contributed by atoms with Gasteiger partial charge in [0.15, 0.2) is 6.23 Å². The number of ether oxygens (including phenoxy) is 2. The molecule has 11 nitrogen and oxygen atoms in total. The van der Waals surface area contributed by atoms with Crippen molar-refractivity contribution in [3.05, 3.63) is 69.6 Å². The van der Waals surface area contributed by atoms with Crippen molar-refractivity contribution in [3.8, 4) is 0 Å². The number of anilines is 1. The van der Waals surface area contributed by atoms with E-state index in [1.807, 2.05) is 33.8 Å². The summed E-state index contributed by atoms with van der Waals surface area (Å²) in [5, 5.41) is 2.69. The van der Waals surface area contributed by atoms with Gasteiger partial charge in [-0.25, -0.2) is 16.0 Å². The van der Waals surface area contributed by atoms with Crippen molar-refractivity contribution in [2.75, 3.05) is 25.6 Å². The van der Waals surface area contributed by atoms with Crippen LogP contribution in [0.15, 0.2) is 41.3 Å². The van der Waals surface area contributed by atoms with Crippen molar-refractivity contribution in [2.24, 2.45) is 0 Å². The molecule has 1 fully saturated rings. The molecule has 5 atom stereocenters. The van der Waals surface area contributed by atoms with E-state index in [-0.39, 0.29) is 43.9 Å². The summed E-state index contributed by atoms with van der Waals surface area (Å²) in [5.41, 5.74) is 0.341. The number of nitrogens with one attached hydrogen (secondary N) is 1. The molecule has 3 rings (SSSR count). The molecule has 1 aliphatic rings. The fraction of sp³-hybridized carbons (Fsp3) is 0.556. The molecule has 212 valence electrons. The van der Waals surface area contributed by atoms with E-state index in [2.05, 4.69) is 19.8 Å². The van der Waals surface area contributed by atoms with E-state index in [1.165, 1.54) is 11.7 Å². The average Bonchev–Trinajstić information content (AvgIpc) is 3.27. The number of benzene rings is 1. The first-order chi connectivity index (χ1) is 19.1. The first kappa shape index (κ1) is 29.3. The Morgan fingerprint density at radius 3 is 2.56 bits per heavy atom. The SMILES string of the molecule is [2H]C[C@H]1O[C@@H](n2cc(C)c(NC(=O)c3ccccc3)nc2=O)[C@H](OC)[C@@H]1OP(OCC[N+]#[C-])N(C(C)C)C(C)C. The van der Waals surface area contributed by atoms with Crippen LogP contribution in [0.2, 0.25) is 0 Å². The van der Waals surface area contributed by atoms with Gasteiger partial charge in [-0.15, -0.1) is 0 Å². The van der Waals surface area contributed by atoms with E-state index in [4.69, 9.17) is 26.5 Å². The predicted molar refractivity (Wildman–Crippen MR) is 149 cm³/mol. The lowest BCUT2D eigenvalue weighted by Gasteiger charge is -2.37. The van der Waals surface area contributed by atoms with E-state index in [1.54, 1.807) is 37.4 Å². The lowest BCUT2D eigenvalue weighted by atomic mass is 10.1. The fourth-order valence-electron chi connectivity index (χ4n) is 4.35. The largest absolute Gasteiger partial charge is 0.374 e. The summed E-state index contributed by atoms with van der Waals surface area (Å²) in [6.07, 6.45) is -1.56. The molecule has 1 aromatic carbocycles. The molecule has 2 heterocycles. The topological polar surface area (TPSA) is 109 Å². The number of rotatable bonds is 12. The number of hydrogen-bond donors (Lipinski definition) is 1. The second kappa shape index (κ2) is 14.1. The minimum Gasteiger partial charge on any atom is -0.374 e. The molecular formula is C27H38N5O6P.